The number of fused-ring (bicyclic) bond motifs is 1. The Labute approximate surface area is 145 Å². The number of nitrogens with one attached hydrogen (secondary N) is 1. The molecule has 1 aromatic carbocycles. The van der Waals surface area contributed by atoms with Crippen LogP contribution < -0.4 is 10.5 Å². The Morgan fingerprint density at radius 2 is 1.88 bits per heavy atom. The minimum Gasteiger partial charge on any atom is -0.326 e. The van der Waals surface area contributed by atoms with E-state index in [0.29, 0.717) is 5.69 Å². The van der Waals surface area contributed by atoms with E-state index < -0.39 is 10.0 Å². The standard InChI is InChI=1S/C17H18N4O3S/c1-11-4-3-9-21-15(12(2)19-17(11)21)10-16(22)20-13-5-7-14(8-6-13)25(18,23)24/h3-9H,10H2,1-2H3,(H,20,22)(H2,18,23,24). The van der Waals surface area contributed by atoms with Crippen LogP contribution in [-0.4, -0.2) is 23.7 Å². The first kappa shape index (κ1) is 17.1. The number of carbonyl (C=O) groups is 1. The average Bonchev–Trinajstić information content (AvgIpc) is 2.85. The summed E-state index contributed by atoms with van der Waals surface area (Å²) in [5.41, 5.74) is 3.99. The number of imidazole rings is 1. The van der Waals surface area contributed by atoms with Gasteiger partial charge in [0.25, 0.3) is 0 Å². The molecule has 0 radical (unpaired) electrons. The third-order valence-corrected chi connectivity index (χ3v) is 4.87. The molecule has 0 spiro atoms. The lowest BCUT2D eigenvalue weighted by atomic mass is 10.2. The maximum absolute atomic E-state index is 12.3. The van der Waals surface area contributed by atoms with Crippen molar-refractivity contribution in [1.82, 2.24) is 9.38 Å². The Balaban J connectivity index is 1.79. The Kier molecular flexibility index (Phi) is 4.32. The van der Waals surface area contributed by atoms with Crippen molar-refractivity contribution in [2.45, 2.75) is 25.2 Å². The first-order valence-electron chi connectivity index (χ1n) is 7.61. The number of nitrogens with zero attached hydrogens (tertiary/aromatic N) is 2. The zero-order chi connectivity index (χ0) is 18.2. The number of aryl methyl sites for hydroxylation is 2. The Morgan fingerprint density at radius 1 is 1.20 bits per heavy atom. The summed E-state index contributed by atoms with van der Waals surface area (Å²) in [4.78, 5) is 16.9. The molecule has 0 aliphatic rings. The fourth-order valence-electron chi connectivity index (χ4n) is 2.66. The van der Waals surface area contributed by atoms with Gasteiger partial charge in [-0.25, -0.2) is 18.5 Å². The van der Waals surface area contributed by atoms with Gasteiger partial charge in [0.15, 0.2) is 0 Å². The van der Waals surface area contributed by atoms with Gasteiger partial charge in [0.05, 0.1) is 22.7 Å². The van der Waals surface area contributed by atoms with Gasteiger partial charge >= 0.3 is 0 Å². The molecule has 1 amide bonds. The monoisotopic (exact) mass is 358 g/mol. The Bertz CT molecular complexity index is 1050. The number of amides is 1. The maximum Gasteiger partial charge on any atom is 0.238 e. The maximum atomic E-state index is 12.3. The first-order chi connectivity index (χ1) is 11.8. The van der Waals surface area contributed by atoms with Crippen LogP contribution in [0.25, 0.3) is 5.65 Å². The molecule has 2 aromatic heterocycles. The molecule has 0 unspecified atom stereocenters. The van der Waals surface area contributed by atoms with Crippen LogP contribution >= 0.6 is 0 Å². The van der Waals surface area contributed by atoms with Crippen LogP contribution in [0.5, 0.6) is 0 Å². The lowest BCUT2D eigenvalue weighted by Gasteiger charge is -2.07. The molecular formula is C17H18N4O3S. The summed E-state index contributed by atoms with van der Waals surface area (Å²) in [7, 11) is -3.75. The number of pyridine rings is 1. The molecule has 7 nitrogen and oxygen atoms in total. The van der Waals surface area contributed by atoms with Crippen LogP contribution in [-0.2, 0) is 21.2 Å². The van der Waals surface area contributed by atoms with E-state index in [9.17, 15) is 13.2 Å². The highest BCUT2D eigenvalue weighted by atomic mass is 32.2. The Hall–Kier alpha value is -2.71. The molecule has 0 aliphatic carbocycles. The van der Waals surface area contributed by atoms with E-state index in [4.69, 9.17) is 5.14 Å². The van der Waals surface area contributed by atoms with Crippen molar-refractivity contribution in [3.8, 4) is 0 Å². The van der Waals surface area contributed by atoms with Crippen LogP contribution in [0, 0.1) is 13.8 Å². The highest BCUT2D eigenvalue weighted by Crippen LogP contribution is 2.17. The molecular weight excluding hydrogens is 340 g/mol. The third kappa shape index (κ3) is 3.54. The fourth-order valence-corrected chi connectivity index (χ4v) is 3.18. The van der Waals surface area contributed by atoms with Gasteiger partial charge < -0.3 is 9.72 Å². The summed E-state index contributed by atoms with van der Waals surface area (Å²) in [5.74, 6) is -0.213. The van der Waals surface area contributed by atoms with Crippen LogP contribution in [0.4, 0.5) is 5.69 Å². The van der Waals surface area contributed by atoms with Crippen molar-refractivity contribution in [2.75, 3.05) is 5.32 Å². The summed E-state index contributed by atoms with van der Waals surface area (Å²) in [5, 5.41) is 7.80. The van der Waals surface area contributed by atoms with Crippen molar-refractivity contribution in [3.05, 3.63) is 59.5 Å². The predicted octanol–water partition coefficient (Wildman–Crippen LogP) is 1.78. The zero-order valence-electron chi connectivity index (χ0n) is 13.9. The minimum absolute atomic E-state index is 0.00129. The lowest BCUT2D eigenvalue weighted by molar-refractivity contribution is -0.115. The predicted molar refractivity (Wildman–Crippen MR) is 94.8 cm³/mol. The quantitative estimate of drug-likeness (QED) is 0.741. The third-order valence-electron chi connectivity index (χ3n) is 3.94. The van der Waals surface area contributed by atoms with Crippen molar-refractivity contribution in [1.29, 1.82) is 0 Å². The number of sulfonamides is 1. The van der Waals surface area contributed by atoms with E-state index in [-0.39, 0.29) is 17.2 Å². The van der Waals surface area contributed by atoms with Crippen molar-refractivity contribution in [3.63, 3.8) is 0 Å². The molecule has 0 fully saturated rings. The summed E-state index contributed by atoms with van der Waals surface area (Å²) in [6.07, 6.45) is 2.04. The average molecular weight is 358 g/mol. The molecule has 130 valence electrons. The van der Waals surface area contributed by atoms with Gasteiger partial charge in [0.2, 0.25) is 15.9 Å². The first-order valence-corrected chi connectivity index (χ1v) is 9.16. The smallest absolute Gasteiger partial charge is 0.238 e. The van der Waals surface area contributed by atoms with Crippen LogP contribution in [0.2, 0.25) is 0 Å². The van der Waals surface area contributed by atoms with E-state index in [0.717, 1.165) is 22.6 Å². The van der Waals surface area contributed by atoms with E-state index in [1.807, 2.05) is 36.6 Å². The van der Waals surface area contributed by atoms with Gasteiger partial charge in [-0.3, -0.25) is 4.79 Å². The molecule has 25 heavy (non-hydrogen) atoms. The number of aromatic nitrogens is 2. The van der Waals surface area contributed by atoms with Gasteiger partial charge in [-0.05, 0) is 49.7 Å². The number of anilines is 1. The van der Waals surface area contributed by atoms with E-state index in [1.165, 1.54) is 24.3 Å². The number of hydrogen-bond donors (Lipinski definition) is 2. The number of nitrogens with two attached hydrogens (primary N) is 1. The topological polar surface area (TPSA) is 107 Å². The molecule has 0 atom stereocenters. The van der Waals surface area contributed by atoms with Crippen LogP contribution in [0.3, 0.4) is 0 Å². The fraction of sp³-hybridized carbons (Fsp3) is 0.176. The summed E-state index contributed by atoms with van der Waals surface area (Å²) in [6.45, 7) is 3.84. The van der Waals surface area contributed by atoms with Crippen LogP contribution in [0.1, 0.15) is 17.0 Å². The molecule has 3 aromatic rings. The second-order valence-corrected chi connectivity index (χ2v) is 7.38. The Morgan fingerprint density at radius 3 is 2.52 bits per heavy atom. The molecule has 3 N–H and O–H groups in total. The second kappa shape index (κ2) is 6.30. The molecule has 0 aliphatic heterocycles. The van der Waals surface area contributed by atoms with E-state index in [1.54, 1.807) is 0 Å². The molecule has 0 saturated carbocycles. The lowest BCUT2D eigenvalue weighted by Crippen LogP contribution is -2.16. The normalized spacial score (nSPS) is 11.6. The van der Waals surface area contributed by atoms with Gasteiger partial charge in [-0.15, -0.1) is 0 Å². The number of primary sulfonamides is 1. The summed E-state index contributed by atoms with van der Waals surface area (Å²) in [6, 6.07) is 9.60. The highest BCUT2D eigenvalue weighted by molar-refractivity contribution is 7.89. The molecule has 8 heteroatoms. The van der Waals surface area contributed by atoms with Gasteiger partial charge in [-0.2, -0.15) is 0 Å². The molecule has 2 heterocycles. The minimum atomic E-state index is -3.75. The van der Waals surface area contributed by atoms with Crippen molar-refractivity contribution in [2.24, 2.45) is 5.14 Å². The molecule has 0 saturated heterocycles. The second-order valence-electron chi connectivity index (χ2n) is 5.82. The van der Waals surface area contributed by atoms with E-state index >= 15 is 0 Å². The van der Waals surface area contributed by atoms with Crippen LogP contribution in [0.15, 0.2) is 47.5 Å². The number of hydrogen-bond acceptors (Lipinski definition) is 4. The summed E-state index contributed by atoms with van der Waals surface area (Å²) >= 11 is 0. The van der Waals surface area contributed by atoms with Gasteiger partial charge in [-0.1, -0.05) is 6.07 Å². The molecule has 0 bridgehead atoms. The van der Waals surface area contributed by atoms with Gasteiger partial charge in [0.1, 0.15) is 5.65 Å². The van der Waals surface area contributed by atoms with Gasteiger partial charge in [0, 0.05) is 11.9 Å². The molecule has 3 rings (SSSR count). The van der Waals surface area contributed by atoms with Crippen molar-refractivity contribution >= 4 is 27.3 Å². The van der Waals surface area contributed by atoms with E-state index in [2.05, 4.69) is 10.3 Å². The number of benzene rings is 1. The number of carbonyl (C=O) groups excluding carboxylic acids is 1. The number of rotatable bonds is 4. The summed E-state index contributed by atoms with van der Waals surface area (Å²) < 4.78 is 24.4. The van der Waals surface area contributed by atoms with Crippen molar-refractivity contribution < 1.29 is 13.2 Å². The highest BCUT2D eigenvalue weighted by Gasteiger charge is 2.14. The zero-order valence-corrected chi connectivity index (χ0v) is 14.7. The SMILES string of the molecule is Cc1nc2c(C)cccn2c1CC(=O)Nc1ccc(S(N)(=O)=O)cc1. The largest absolute Gasteiger partial charge is 0.326 e.